The van der Waals surface area contributed by atoms with Gasteiger partial charge in [0.2, 0.25) is 0 Å². The van der Waals surface area contributed by atoms with Gasteiger partial charge in [-0.15, -0.1) is 0 Å². The lowest BCUT2D eigenvalue weighted by Gasteiger charge is -2.39. The van der Waals surface area contributed by atoms with Gasteiger partial charge in [-0.25, -0.2) is 4.79 Å². The molecule has 2 rings (SSSR count). The molecule has 2 N–H and O–H groups in total. The van der Waals surface area contributed by atoms with Crippen LogP contribution in [0.4, 0.5) is 18.0 Å². The summed E-state index contributed by atoms with van der Waals surface area (Å²) in [6.07, 6.45) is -4.98. The minimum Gasteiger partial charge on any atom is -0.392 e. The van der Waals surface area contributed by atoms with Crippen molar-refractivity contribution in [2.45, 2.75) is 25.1 Å². The summed E-state index contributed by atoms with van der Waals surface area (Å²) in [6, 6.07) is 4.89. The molecule has 21 heavy (non-hydrogen) atoms. The first-order valence-corrected chi connectivity index (χ1v) is 6.65. The fourth-order valence-electron chi connectivity index (χ4n) is 2.17. The quantitative estimate of drug-likeness (QED) is 0.899. The Hall–Kier alpha value is -1.76. The number of carbonyl (C=O) groups excluding carboxylic acids is 1. The van der Waals surface area contributed by atoms with Crippen LogP contribution in [0.2, 0.25) is 0 Å². The largest absolute Gasteiger partial charge is 0.416 e. The molecule has 2 amide bonds. The molecule has 0 spiro atoms. The third kappa shape index (κ3) is 3.87. The second-order valence-electron chi connectivity index (χ2n) is 5.26. The van der Waals surface area contributed by atoms with Crippen molar-refractivity contribution in [2.24, 2.45) is 0 Å². The van der Waals surface area contributed by atoms with E-state index < -0.39 is 17.8 Å². The second-order valence-corrected chi connectivity index (χ2v) is 5.26. The Bertz CT molecular complexity index is 511. The summed E-state index contributed by atoms with van der Waals surface area (Å²) in [6.45, 7) is 2.48. The zero-order chi connectivity index (χ0) is 15.6. The topological polar surface area (TPSA) is 52.6 Å². The molecule has 0 aromatic heterocycles. The average molecular weight is 302 g/mol. The van der Waals surface area contributed by atoms with E-state index in [1.165, 1.54) is 11.0 Å². The van der Waals surface area contributed by atoms with Crippen LogP contribution in [0.15, 0.2) is 24.3 Å². The summed E-state index contributed by atoms with van der Waals surface area (Å²) in [7, 11) is 0. The van der Waals surface area contributed by atoms with Crippen molar-refractivity contribution in [3.8, 4) is 0 Å². The van der Waals surface area contributed by atoms with E-state index in [0.717, 1.165) is 12.1 Å². The number of likely N-dealkylation sites (tertiary alicyclic amines) is 1. The van der Waals surface area contributed by atoms with Crippen LogP contribution >= 0.6 is 0 Å². The van der Waals surface area contributed by atoms with Gasteiger partial charge in [0.15, 0.2) is 0 Å². The molecular formula is C14H17F3N2O2. The van der Waals surface area contributed by atoms with E-state index >= 15 is 0 Å². The molecule has 1 aliphatic heterocycles. The van der Waals surface area contributed by atoms with E-state index in [4.69, 9.17) is 5.11 Å². The zero-order valence-electron chi connectivity index (χ0n) is 11.5. The van der Waals surface area contributed by atoms with Crippen LogP contribution in [0.1, 0.15) is 24.0 Å². The van der Waals surface area contributed by atoms with Crippen molar-refractivity contribution < 1.29 is 23.1 Å². The maximum Gasteiger partial charge on any atom is 0.416 e. The zero-order valence-corrected chi connectivity index (χ0v) is 11.5. The summed E-state index contributed by atoms with van der Waals surface area (Å²) in [5, 5.41) is 11.6. The molecule has 116 valence electrons. The van der Waals surface area contributed by atoms with Crippen LogP contribution in [-0.4, -0.2) is 41.8 Å². The number of benzene rings is 1. The molecule has 1 aliphatic rings. The number of carbonyl (C=O) groups is 1. The fourth-order valence-corrected chi connectivity index (χ4v) is 2.17. The first kappa shape index (κ1) is 15.6. The first-order chi connectivity index (χ1) is 9.77. The number of nitrogens with one attached hydrogen (secondary N) is 1. The number of aliphatic hydroxyl groups is 1. The van der Waals surface area contributed by atoms with Crippen molar-refractivity contribution >= 4 is 6.03 Å². The Labute approximate surface area is 120 Å². The molecule has 1 fully saturated rings. The summed E-state index contributed by atoms with van der Waals surface area (Å²) >= 11 is 0. The molecule has 1 aromatic rings. The van der Waals surface area contributed by atoms with E-state index in [-0.39, 0.29) is 18.5 Å². The Morgan fingerprint density at radius 3 is 2.71 bits per heavy atom. The highest BCUT2D eigenvalue weighted by molar-refractivity contribution is 5.75. The van der Waals surface area contributed by atoms with Crippen molar-refractivity contribution in [1.82, 2.24) is 10.2 Å². The van der Waals surface area contributed by atoms with Crippen LogP contribution in [0, 0.1) is 0 Å². The predicted octanol–water partition coefficient (Wildman–Crippen LogP) is 2.20. The Morgan fingerprint density at radius 1 is 1.48 bits per heavy atom. The van der Waals surface area contributed by atoms with Gasteiger partial charge in [0, 0.05) is 25.6 Å². The number of nitrogens with zero attached hydrogens (tertiary/aromatic N) is 1. The first-order valence-electron chi connectivity index (χ1n) is 6.65. The van der Waals surface area contributed by atoms with Gasteiger partial charge in [-0.05, 0) is 18.6 Å². The van der Waals surface area contributed by atoms with Crippen LogP contribution < -0.4 is 5.32 Å². The maximum absolute atomic E-state index is 12.6. The van der Waals surface area contributed by atoms with Crippen molar-refractivity contribution in [1.29, 1.82) is 0 Å². The number of hydrogen-bond acceptors (Lipinski definition) is 2. The smallest absolute Gasteiger partial charge is 0.392 e. The molecule has 0 unspecified atom stereocenters. The molecule has 1 atom stereocenters. The molecule has 0 radical (unpaired) electrons. The maximum atomic E-state index is 12.6. The molecule has 1 aromatic carbocycles. The Balaban J connectivity index is 1.91. The standard InChI is InChI=1S/C14H17F3N2O2/c1-9(20)6-18-13(21)19-7-11(8-19)10-3-2-4-12(5-10)14(15,16)17/h2-5,9,11,20H,6-8H2,1H3,(H,18,21)/t9-/m0/s1. The van der Waals surface area contributed by atoms with E-state index in [1.807, 2.05) is 0 Å². The molecular weight excluding hydrogens is 285 g/mol. The highest BCUT2D eigenvalue weighted by atomic mass is 19.4. The Kier molecular flexibility index (Phi) is 4.41. The van der Waals surface area contributed by atoms with Gasteiger partial charge >= 0.3 is 12.2 Å². The number of amides is 2. The van der Waals surface area contributed by atoms with Gasteiger partial charge in [0.05, 0.1) is 11.7 Å². The number of halogens is 3. The number of alkyl halides is 3. The van der Waals surface area contributed by atoms with Gasteiger partial charge in [-0.3, -0.25) is 0 Å². The van der Waals surface area contributed by atoms with Crippen LogP contribution in [0.25, 0.3) is 0 Å². The molecule has 1 saturated heterocycles. The van der Waals surface area contributed by atoms with E-state index in [2.05, 4.69) is 5.32 Å². The monoisotopic (exact) mass is 302 g/mol. The molecule has 0 bridgehead atoms. The number of aliphatic hydroxyl groups excluding tert-OH is 1. The van der Waals surface area contributed by atoms with Crippen molar-refractivity contribution in [3.05, 3.63) is 35.4 Å². The average Bonchev–Trinajstić information content (AvgIpc) is 2.34. The molecule has 0 saturated carbocycles. The summed E-state index contributed by atoms with van der Waals surface area (Å²) < 4.78 is 37.9. The fraction of sp³-hybridized carbons (Fsp3) is 0.500. The number of hydrogen-bond donors (Lipinski definition) is 2. The third-order valence-corrected chi connectivity index (χ3v) is 3.40. The predicted molar refractivity (Wildman–Crippen MR) is 70.8 cm³/mol. The molecule has 4 nitrogen and oxygen atoms in total. The van der Waals surface area contributed by atoms with Gasteiger partial charge in [-0.2, -0.15) is 13.2 Å². The summed E-state index contributed by atoms with van der Waals surface area (Å²) in [5.74, 6) is -0.0791. The summed E-state index contributed by atoms with van der Waals surface area (Å²) in [4.78, 5) is 13.2. The van der Waals surface area contributed by atoms with E-state index in [1.54, 1.807) is 13.0 Å². The van der Waals surface area contributed by atoms with Gasteiger partial charge < -0.3 is 15.3 Å². The SMILES string of the molecule is C[C@H](O)CNC(=O)N1CC(c2cccc(C(F)(F)F)c2)C1. The van der Waals surface area contributed by atoms with Gasteiger partial charge in [0.25, 0.3) is 0 Å². The van der Waals surface area contributed by atoms with E-state index in [9.17, 15) is 18.0 Å². The van der Waals surface area contributed by atoms with Crippen molar-refractivity contribution in [2.75, 3.05) is 19.6 Å². The lowest BCUT2D eigenvalue weighted by Crippen LogP contribution is -2.53. The highest BCUT2D eigenvalue weighted by Crippen LogP contribution is 2.33. The minimum atomic E-state index is -4.35. The minimum absolute atomic E-state index is 0.0791. The second kappa shape index (κ2) is 5.93. The van der Waals surface area contributed by atoms with Crippen molar-refractivity contribution in [3.63, 3.8) is 0 Å². The number of rotatable bonds is 3. The molecule has 0 aliphatic carbocycles. The van der Waals surface area contributed by atoms with Crippen LogP contribution in [0.3, 0.4) is 0 Å². The molecule has 1 heterocycles. The number of urea groups is 1. The lowest BCUT2D eigenvalue weighted by molar-refractivity contribution is -0.137. The van der Waals surface area contributed by atoms with Crippen LogP contribution in [0.5, 0.6) is 0 Å². The Morgan fingerprint density at radius 2 is 2.14 bits per heavy atom. The lowest BCUT2D eigenvalue weighted by atomic mass is 9.90. The van der Waals surface area contributed by atoms with Crippen LogP contribution in [-0.2, 0) is 6.18 Å². The normalized spacial score (nSPS) is 17.3. The van der Waals surface area contributed by atoms with E-state index in [0.29, 0.717) is 18.7 Å². The highest BCUT2D eigenvalue weighted by Gasteiger charge is 2.34. The third-order valence-electron chi connectivity index (χ3n) is 3.40. The van der Waals surface area contributed by atoms with Gasteiger partial charge in [-0.1, -0.05) is 18.2 Å². The van der Waals surface area contributed by atoms with Gasteiger partial charge in [0.1, 0.15) is 0 Å². The summed E-state index contributed by atoms with van der Waals surface area (Å²) in [5.41, 5.74) is -0.0820. The molecule has 7 heteroatoms.